The fraction of sp³-hybridized carbons (Fsp3) is 0.500. The van der Waals surface area contributed by atoms with Gasteiger partial charge >= 0.3 is 0 Å². The van der Waals surface area contributed by atoms with Crippen molar-refractivity contribution in [3.63, 3.8) is 0 Å². The Hall–Kier alpha value is -1.97. The number of rotatable bonds is 7. The van der Waals surface area contributed by atoms with E-state index in [-0.39, 0.29) is 16.7 Å². The summed E-state index contributed by atoms with van der Waals surface area (Å²) >= 11 is 0. The third-order valence-corrected chi connectivity index (χ3v) is 4.65. The average molecular weight is 370 g/mol. The van der Waals surface area contributed by atoms with Gasteiger partial charge in [0.2, 0.25) is 21.8 Å². The molecule has 0 heterocycles. The number of benzene rings is 1. The lowest BCUT2D eigenvalue weighted by Gasteiger charge is -2.24. The van der Waals surface area contributed by atoms with E-state index in [0.29, 0.717) is 5.69 Å². The highest BCUT2D eigenvalue weighted by Crippen LogP contribution is 2.14. The fourth-order valence-electron chi connectivity index (χ4n) is 2.04. The van der Waals surface area contributed by atoms with Gasteiger partial charge in [-0.15, -0.1) is 0 Å². The second kappa shape index (κ2) is 8.41. The van der Waals surface area contributed by atoms with Gasteiger partial charge in [-0.2, -0.15) is 0 Å². The van der Waals surface area contributed by atoms with Crippen molar-refractivity contribution in [3.05, 3.63) is 24.3 Å². The molecular formula is C16H26N4O4S. The third-order valence-electron chi connectivity index (χ3n) is 3.72. The topological polar surface area (TPSA) is 144 Å². The molecule has 0 aliphatic heterocycles. The summed E-state index contributed by atoms with van der Waals surface area (Å²) in [6.45, 7) is 7.24. The van der Waals surface area contributed by atoms with Crippen LogP contribution in [-0.2, 0) is 19.6 Å². The van der Waals surface area contributed by atoms with E-state index < -0.39 is 33.9 Å². The van der Waals surface area contributed by atoms with Crippen molar-refractivity contribution >= 4 is 27.5 Å². The lowest BCUT2D eigenvalue weighted by atomic mass is 10.0. The number of hydrogen-bond acceptors (Lipinski definition) is 5. The predicted molar refractivity (Wildman–Crippen MR) is 96.0 cm³/mol. The molecule has 0 aromatic heterocycles. The molecule has 0 spiro atoms. The largest absolute Gasteiger partial charge is 0.343 e. The van der Waals surface area contributed by atoms with Crippen molar-refractivity contribution < 1.29 is 18.0 Å². The van der Waals surface area contributed by atoms with Gasteiger partial charge < -0.3 is 16.4 Å². The predicted octanol–water partition coefficient (Wildman–Crippen LogP) is 0.397. The fourth-order valence-corrected chi connectivity index (χ4v) is 2.55. The van der Waals surface area contributed by atoms with Gasteiger partial charge in [-0.25, -0.2) is 13.6 Å². The third kappa shape index (κ3) is 6.11. The molecule has 1 rings (SSSR count). The molecule has 2 amide bonds. The second-order valence-electron chi connectivity index (χ2n) is 6.56. The van der Waals surface area contributed by atoms with Gasteiger partial charge in [-0.05, 0) is 36.1 Å². The quantitative estimate of drug-likeness (QED) is 0.549. The van der Waals surface area contributed by atoms with E-state index in [1.54, 1.807) is 13.8 Å². The van der Waals surface area contributed by atoms with E-state index in [0.717, 1.165) is 0 Å². The maximum absolute atomic E-state index is 12.5. The van der Waals surface area contributed by atoms with E-state index in [1.165, 1.54) is 24.3 Å². The van der Waals surface area contributed by atoms with Gasteiger partial charge in [0, 0.05) is 5.69 Å². The zero-order chi connectivity index (χ0) is 19.4. The molecule has 0 saturated heterocycles. The molecule has 1 aromatic carbocycles. The maximum atomic E-state index is 12.5. The summed E-state index contributed by atoms with van der Waals surface area (Å²) in [5.74, 6) is -1.02. The zero-order valence-corrected chi connectivity index (χ0v) is 15.6. The highest BCUT2D eigenvalue weighted by Gasteiger charge is 2.27. The lowest BCUT2D eigenvalue weighted by Crippen LogP contribution is -2.53. The first-order valence-corrected chi connectivity index (χ1v) is 9.47. The van der Waals surface area contributed by atoms with Crippen LogP contribution in [0.1, 0.15) is 27.7 Å². The minimum Gasteiger partial charge on any atom is -0.343 e. The standard InChI is InChI=1S/C16H26N4O4S/c1-9(2)13(17)15(21)20-14(10(3)4)16(22)19-11-5-7-12(8-6-11)25(18,23)24/h5-10,13-14H,17H2,1-4H3,(H,19,22)(H,20,21)(H2,18,23,24)/t13-,14-/m1/s1. The molecule has 0 bridgehead atoms. The maximum Gasteiger partial charge on any atom is 0.247 e. The van der Waals surface area contributed by atoms with Gasteiger partial charge in [0.1, 0.15) is 6.04 Å². The van der Waals surface area contributed by atoms with Gasteiger partial charge in [0.25, 0.3) is 0 Å². The van der Waals surface area contributed by atoms with Crippen LogP contribution in [0.25, 0.3) is 0 Å². The van der Waals surface area contributed by atoms with Crippen molar-refractivity contribution in [1.82, 2.24) is 5.32 Å². The van der Waals surface area contributed by atoms with Crippen molar-refractivity contribution in [3.8, 4) is 0 Å². The SMILES string of the molecule is CC(C)[C@@H](N)C(=O)N[C@@H](C(=O)Nc1ccc(S(N)(=O)=O)cc1)C(C)C. The number of hydrogen-bond donors (Lipinski definition) is 4. The Morgan fingerprint density at radius 1 is 0.960 bits per heavy atom. The Balaban J connectivity index is 2.85. The Morgan fingerprint density at radius 2 is 1.48 bits per heavy atom. The van der Waals surface area contributed by atoms with Crippen molar-refractivity contribution in [2.75, 3.05) is 5.32 Å². The van der Waals surface area contributed by atoms with Gasteiger partial charge in [-0.3, -0.25) is 9.59 Å². The van der Waals surface area contributed by atoms with Crippen LogP contribution in [0.2, 0.25) is 0 Å². The summed E-state index contributed by atoms with van der Waals surface area (Å²) in [6, 6.07) is 3.97. The van der Waals surface area contributed by atoms with Crippen LogP contribution in [0, 0.1) is 11.8 Å². The first-order valence-electron chi connectivity index (χ1n) is 7.93. The molecule has 8 nitrogen and oxygen atoms in total. The molecule has 140 valence electrons. The Labute approximate surface area is 148 Å². The van der Waals surface area contributed by atoms with Crippen molar-refractivity contribution in [2.45, 2.75) is 44.7 Å². The highest BCUT2D eigenvalue weighted by atomic mass is 32.2. The molecule has 9 heteroatoms. The molecular weight excluding hydrogens is 344 g/mol. The number of amides is 2. The number of carbonyl (C=O) groups excluding carboxylic acids is 2. The minimum atomic E-state index is -3.80. The monoisotopic (exact) mass is 370 g/mol. The smallest absolute Gasteiger partial charge is 0.247 e. The molecule has 6 N–H and O–H groups in total. The van der Waals surface area contributed by atoms with Crippen LogP contribution < -0.4 is 21.5 Å². The molecule has 25 heavy (non-hydrogen) atoms. The van der Waals surface area contributed by atoms with Crippen LogP contribution in [-0.4, -0.2) is 32.3 Å². The summed E-state index contributed by atoms with van der Waals surface area (Å²) in [5, 5.41) is 10.3. The molecule has 0 radical (unpaired) electrons. The molecule has 0 fully saturated rings. The summed E-state index contributed by atoms with van der Waals surface area (Å²) in [7, 11) is -3.80. The van der Waals surface area contributed by atoms with Crippen molar-refractivity contribution in [2.24, 2.45) is 22.7 Å². The van der Waals surface area contributed by atoms with Crippen LogP contribution in [0.15, 0.2) is 29.2 Å². The van der Waals surface area contributed by atoms with Crippen LogP contribution in [0.5, 0.6) is 0 Å². The van der Waals surface area contributed by atoms with Gasteiger partial charge in [-0.1, -0.05) is 27.7 Å². The Kier molecular flexibility index (Phi) is 7.09. The lowest BCUT2D eigenvalue weighted by molar-refractivity contribution is -0.128. The summed E-state index contributed by atoms with van der Waals surface area (Å²) in [4.78, 5) is 24.5. The van der Waals surface area contributed by atoms with E-state index >= 15 is 0 Å². The summed E-state index contributed by atoms with van der Waals surface area (Å²) in [6.07, 6.45) is 0. The number of nitrogens with one attached hydrogen (secondary N) is 2. The van der Waals surface area contributed by atoms with E-state index in [2.05, 4.69) is 10.6 Å². The number of nitrogens with two attached hydrogens (primary N) is 2. The average Bonchev–Trinajstić information content (AvgIpc) is 2.50. The van der Waals surface area contributed by atoms with Crippen LogP contribution in [0.3, 0.4) is 0 Å². The van der Waals surface area contributed by atoms with Crippen LogP contribution >= 0.6 is 0 Å². The molecule has 1 aromatic rings. The van der Waals surface area contributed by atoms with E-state index in [9.17, 15) is 18.0 Å². The molecule has 0 unspecified atom stereocenters. The second-order valence-corrected chi connectivity index (χ2v) is 8.12. The normalized spacial score (nSPS) is 14.2. The van der Waals surface area contributed by atoms with Crippen molar-refractivity contribution in [1.29, 1.82) is 0 Å². The molecule has 0 aliphatic rings. The number of carbonyl (C=O) groups is 2. The zero-order valence-electron chi connectivity index (χ0n) is 14.8. The number of anilines is 1. The molecule has 2 atom stereocenters. The number of primary sulfonamides is 1. The summed E-state index contributed by atoms with van der Waals surface area (Å²) in [5.41, 5.74) is 6.20. The van der Waals surface area contributed by atoms with Gasteiger partial charge in [0.15, 0.2) is 0 Å². The molecule has 0 saturated carbocycles. The Morgan fingerprint density at radius 3 is 1.88 bits per heavy atom. The van der Waals surface area contributed by atoms with Crippen LogP contribution in [0.4, 0.5) is 5.69 Å². The highest BCUT2D eigenvalue weighted by molar-refractivity contribution is 7.89. The number of sulfonamides is 1. The van der Waals surface area contributed by atoms with E-state index in [1.807, 2.05) is 13.8 Å². The minimum absolute atomic E-state index is 0.0536. The first kappa shape index (κ1) is 21.1. The van der Waals surface area contributed by atoms with E-state index in [4.69, 9.17) is 10.9 Å². The first-order chi connectivity index (χ1) is 11.4. The Bertz CT molecular complexity index is 714. The van der Waals surface area contributed by atoms with Gasteiger partial charge in [0.05, 0.1) is 10.9 Å². The summed E-state index contributed by atoms with van der Waals surface area (Å²) < 4.78 is 22.5. The molecule has 0 aliphatic carbocycles.